The number of aryl methyl sites for hydroxylation is 1. The highest BCUT2D eigenvalue weighted by Gasteiger charge is 2.14. The predicted molar refractivity (Wildman–Crippen MR) is 92.6 cm³/mol. The third-order valence-electron chi connectivity index (χ3n) is 3.67. The number of sulfone groups is 1. The molecule has 2 rings (SSSR count). The second-order valence-electron chi connectivity index (χ2n) is 5.77. The molecular weight excluding hydrogens is 366 g/mol. The lowest BCUT2D eigenvalue weighted by Gasteiger charge is -2.14. The largest absolute Gasteiger partial charge is 0.387 e. The van der Waals surface area contributed by atoms with Crippen molar-refractivity contribution >= 4 is 21.6 Å². The third-order valence-corrected chi connectivity index (χ3v) is 4.78. The zero-order valence-corrected chi connectivity index (χ0v) is 14.9. The summed E-state index contributed by atoms with van der Waals surface area (Å²) < 4.78 is 49.2. The fourth-order valence-corrected chi connectivity index (χ4v) is 2.81. The molecule has 0 bridgehead atoms. The fraction of sp³-hybridized carbons (Fsp3) is 0.235. The zero-order valence-electron chi connectivity index (χ0n) is 14.1. The van der Waals surface area contributed by atoms with E-state index < -0.39 is 33.6 Å². The Labute approximate surface area is 149 Å². The van der Waals surface area contributed by atoms with E-state index >= 15 is 0 Å². The number of hydrogen-bond donors (Lipinski definition) is 3. The van der Waals surface area contributed by atoms with Gasteiger partial charge in [-0.25, -0.2) is 22.0 Å². The summed E-state index contributed by atoms with van der Waals surface area (Å²) in [4.78, 5) is 12.0. The van der Waals surface area contributed by atoms with Crippen LogP contribution >= 0.6 is 0 Å². The molecular formula is C17H18F2N2O4S. The Morgan fingerprint density at radius 3 is 2.46 bits per heavy atom. The van der Waals surface area contributed by atoms with Gasteiger partial charge in [0, 0.05) is 18.5 Å². The van der Waals surface area contributed by atoms with Crippen LogP contribution in [0.4, 0.5) is 19.3 Å². The summed E-state index contributed by atoms with van der Waals surface area (Å²) in [5.41, 5.74) is 1.06. The molecule has 2 aromatic carbocycles. The van der Waals surface area contributed by atoms with Crippen LogP contribution in [0.5, 0.6) is 0 Å². The van der Waals surface area contributed by atoms with Gasteiger partial charge in [-0.2, -0.15) is 0 Å². The first-order chi connectivity index (χ1) is 12.1. The molecule has 0 unspecified atom stereocenters. The van der Waals surface area contributed by atoms with Crippen LogP contribution in [-0.2, 0) is 9.84 Å². The maximum Gasteiger partial charge on any atom is 0.319 e. The molecule has 9 heteroatoms. The second kappa shape index (κ2) is 7.79. The van der Waals surface area contributed by atoms with Crippen LogP contribution in [0.2, 0.25) is 0 Å². The van der Waals surface area contributed by atoms with Crippen LogP contribution in [0.1, 0.15) is 17.2 Å². The lowest BCUT2D eigenvalue weighted by atomic mass is 10.1. The highest BCUT2D eigenvalue weighted by Crippen LogP contribution is 2.20. The normalized spacial score (nSPS) is 12.5. The molecule has 2 aromatic rings. The molecule has 140 valence electrons. The van der Waals surface area contributed by atoms with E-state index in [9.17, 15) is 27.1 Å². The summed E-state index contributed by atoms with van der Waals surface area (Å²) >= 11 is 0. The Morgan fingerprint density at radius 2 is 1.85 bits per heavy atom. The molecule has 26 heavy (non-hydrogen) atoms. The van der Waals surface area contributed by atoms with Gasteiger partial charge < -0.3 is 15.7 Å². The Bertz CT molecular complexity index is 932. The van der Waals surface area contributed by atoms with Crippen molar-refractivity contribution < 1.29 is 27.1 Å². The van der Waals surface area contributed by atoms with E-state index in [-0.39, 0.29) is 17.0 Å². The maximum absolute atomic E-state index is 13.2. The van der Waals surface area contributed by atoms with Gasteiger partial charge in [0.05, 0.1) is 11.0 Å². The van der Waals surface area contributed by atoms with Crippen molar-refractivity contribution in [1.82, 2.24) is 5.32 Å². The fourth-order valence-electron chi connectivity index (χ4n) is 2.16. The number of nitrogens with one attached hydrogen (secondary N) is 2. The van der Waals surface area contributed by atoms with Gasteiger partial charge in [-0.3, -0.25) is 0 Å². The number of halogens is 2. The van der Waals surface area contributed by atoms with E-state index in [1.54, 1.807) is 13.0 Å². The molecule has 0 fully saturated rings. The lowest BCUT2D eigenvalue weighted by molar-refractivity contribution is 0.174. The van der Waals surface area contributed by atoms with Gasteiger partial charge in [0.2, 0.25) is 0 Å². The predicted octanol–water partition coefficient (Wildman–Crippen LogP) is 2.53. The van der Waals surface area contributed by atoms with E-state index in [2.05, 4.69) is 10.6 Å². The number of aliphatic hydroxyl groups excluding tert-OH is 1. The minimum atomic E-state index is -3.43. The standard InChI is InChI=1S/C17H18F2N2O4S/c1-10-3-5-12(26(2,24)25)8-15(10)21-17(23)20-9-16(22)11-4-6-13(18)14(19)7-11/h3-8,16,22H,9H2,1-2H3,(H2,20,21,23)/t16-/m0/s1. The Kier molecular flexibility index (Phi) is 5.94. The van der Waals surface area contributed by atoms with Crippen molar-refractivity contribution in [2.75, 3.05) is 18.1 Å². The molecule has 1 atom stereocenters. The molecule has 2 amide bonds. The lowest BCUT2D eigenvalue weighted by Crippen LogP contribution is -2.32. The monoisotopic (exact) mass is 384 g/mol. The van der Waals surface area contributed by atoms with Crippen LogP contribution in [-0.4, -0.2) is 32.4 Å². The average molecular weight is 384 g/mol. The number of benzene rings is 2. The highest BCUT2D eigenvalue weighted by atomic mass is 32.2. The smallest absolute Gasteiger partial charge is 0.319 e. The number of hydrogen-bond acceptors (Lipinski definition) is 4. The summed E-state index contributed by atoms with van der Waals surface area (Å²) in [5, 5.41) is 14.8. The first-order valence-electron chi connectivity index (χ1n) is 7.56. The summed E-state index contributed by atoms with van der Waals surface area (Å²) in [6.07, 6.45) is -0.181. The van der Waals surface area contributed by atoms with Gasteiger partial charge in [0.15, 0.2) is 21.5 Å². The van der Waals surface area contributed by atoms with Crippen molar-refractivity contribution in [3.05, 3.63) is 59.2 Å². The number of amides is 2. The van der Waals surface area contributed by atoms with Crippen molar-refractivity contribution in [2.45, 2.75) is 17.9 Å². The summed E-state index contributed by atoms with van der Waals surface area (Å²) in [5.74, 6) is -2.13. The van der Waals surface area contributed by atoms with Gasteiger partial charge in [-0.15, -0.1) is 0 Å². The summed E-state index contributed by atoms with van der Waals surface area (Å²) in [6, 6.07) is 6.58. The van der Waals surface area contributed by atoms with Crippen molar-refractivity contribution in [2.24, 2.45) is 0 Å². The first kappa shape index (κ1) is 19.8. The molecule has 0 radical (unpaired) electrons. The third kappa shape index (κ3) is 4.99. The number of rotatable bonds is 5. The van der Waals surface area contributed by atoms with Gasteiger partial charge in [-0.05, 0) is 42.3 Å². The molecule has 0 aromatic heterocycles. The Hall–Kier alpha value is -2.52. The number of urea groups is 1. The Morgan fingerprint density at radius 1 is 1.15 bits per heavy atom. The van der Waals surface area contributed by atoms with Crippen LogP contribution in [0, 0.1) is 18.6 Å². The van der Waals surface area contributed by atoms with Crippen molar-refractivity contribution in [3.63, 3.8) is 0 Å². The quantitative estimate of drug-likeness (QED) is 0.738. The van der Waals surface area contributed by atoms with Crippen LogP contribution in [0.3, 0.4) is 0 Å². The zero-order chi connectivity index (χ0) is 19.5. The van der Waals surface area contributed by atoms with Gasteiger partial charge in [-0.1, -0.05) is 12.1 Å². The second-order valence-corrected chi connectivity index (χ2v) is 7.79. The molecule has 0 aliphatic heterocycles. The Balaban J connectivity index is 2.01. The van der Waals surface area contributed by atoms with Gasteiger partial charge in [0.1, 0.15) is 0 Å². The molecule has 0 heterocycles. The van der Waals surface area contributed by atoms with Crippen molar-refractivity contribution in [1.29, 1.82) is 0 Å². The average Bonchev–Trinajstić information content (AvgIpc) is 2.56. The van der Waals surface area contributed by atoms with Crippen LogP contribution < -0.4 is 10.6 Å². The number of aliphatic hydroxyl groups is 1. The molecule has 0 spiro atoms. The summed E-state index contributed by atoms with van der Waals surface area (Å²) in [6.45, 7) is 1.44. The molecule has 6 nitrogen and oxygen atoms in total. The van der Waals surface area contributed by atoms with Crippen molar-refractivity contribution in [3.8, 4) is 0 Å². The molecule has 0 saturated heterocycles. The minimum absolute atomic E-state index is 0.0558. The van der Waals surface area contributed by atoms with Crippen LogP contribution in [0.15, 0.2) is 41.3 Å². The van der Waals surface area contributed by atoms with Crippen LogP contribution in [0.25, 0.3) is 0 Å². The first-order valence-corrected chi connectivity index (χ1v) is 9.45. The SMILES string of the molecule is Cc1ccc(S(C)(=O)=O)cc1NC(=O)NC[C@H](O)c1ccc(F)c(F)c1. The topological polar surface area (TPSA) is 95.5 Å². The summed E-state index contributed by atoms with van der Waals surface area (Å²) in [7, 11) is -3.43. The molecule has 3 N–H and O–H groups in total. The number of carbonyl (C=O) groups is 1. The number of carbonyl (C=O) groups excluding carboxylic acids is 1. The van der Waals surface area contributed by atoms with E-state index in [1.165, 1.54) is 18.2 Å². The highest BCUT2D eigenvalue weighted by molar-refractivity contribution is 7.90. The molecule has 0 aliphatic carbocycles. The molecule has 0 aliphatic rings. The minimum Gasteiger partial charge on any atom is -0.387 e. The van der Waals surface area contributed by atoms with E-state index in [0.29, 0.717) is 11.3 Å². The maximum atomic E-state index is 13.2. The molecule has 0 saturated carbocycles. The van der Waals surface area contributed by atoms with E-state index in [4.69, 9.17) is 0 Å². The van der Waals surface area contributed by atoms with Gasteiger partial charge >= 0.3 is 6.03 Å². The van der Waals surface area contributed by atoms with Gasteiger partial charge in [0.25, 0.3) is 0 Å². The number of anilines is 1. The van der Waals surface area contributed by atoms with E-state index in [1.807, 2.05) is 0 Å². The van der Waals surface area contributed by atoms with E-state index in [0.717, 1.165) is 18.4 Å².